The number of barbiturate groups is 1. The molecule has 4 bridgehead atoms. The van der Waals surface area contributed by atoms with Gasteiger partial charge in [0.05, 0.1) is 5.69 Å². The summed E-state index contributed by atoms with van der Waals surface area (Å²) >= 11 is 0. The molecule has 1 heterocycles. The van der Waals surface area contributed by atoms with E-state index in [4.69, 9.17) is 0 Å². The Bertz CT molecular complexity index is 1140. The summed E-state index contributed by atoms with van der Waals surface area (Å²) in [5, 5.41) is 11.7. The van der Waals surface area contributed by atoms with Crippen LogP contribution in [0.1, 0.15) is 49.7 Å². The van der Waals surface area contributed by atoms with E-state index in [-0.39, 0.29) is 16.7 Å². The van der Waals surface area contributed by atoms with Crippen molar-refractivity contribution < 1.29 is 19.5 Å². The predicted molar refractivity (Wildman–Crippen MR) is 123 cm³/mol. The number of hydrogen-bond donors (Lipinski definition) is 2. The van der Waals surface area contributed by atoms with Gasteiger partial charge in [-0.3, -0.25) is 14.9 Å². The Labute approximate surface area is 192 Å². The summed E-state index contributed by atoms with van der Waals surface area (Å²) in [4.78, 5) is 39.1. The van der Waals surface area contributed by atoms with Gasteiger partial charge >= 0.3 is 6.03 Å². The molecule has 4 amide bonds. The highest BCUT2D eigenvalue weighted by Gasteiger charge is 2.51. The van der Waals surface area contributed by atoms with Crippen molar-refractivity contribution in [2.24, 2.45) is 17.8 Å². The maximum Gasteiger partial charge on any atom is 0.335 e. The Morgan fingerprint density at radius 3 is 2.00 bits per heavy atom. The maximum absolute atomic E-state index is 13.2. The van der Waals surface area contributed by atoms with Crippen molar-refractivity contribution in [2.45, 2.75) is 43.9 Å². The number of phenolic OH excluding ortho intramolecular Hbond substituents is 1. The Kier molecular flexibility index (Phi) is 4.47. The first-order valence-corrected chi connectivity index (χ1v) is 11.7. The smallest absolute Gasteiger partial charge is 0.335 e. The fourth-order valence-electron chi connectivity index (χ4n) is 7.06. The second-order valence-corrected chi connectivity index (χ2v) is 10.3. The van der Waals surface area contributed by atoms with Crippen molar-refractivity contribution in [1.29, 1.82) is 0 Å². The van der Waals surface area contributed by atoms with Crippen LogP contribution in [0.5, 0.6) is 5.75 Å². The summed E-state index contributed by atoms with van der Waals surface area (Å²) in [5.74, 6) is 1.23. The molecule has 0 atom stereocenters. The molecule has 5 fully saturated rings. The zero-order valence-electron chi connectivity index (χ0n) is 18.3. The van der Waals surface area contributed by atoms with Crippen molar-refractivity contribution in [1.82, 2.24) is 5.32 Å². The minimum absolute atomic E-state index is 0.0903. The Hall–Kier alpha value is -3.41. The van der Waals surface area contributed by atoms with E-state index in [0.29, 0.717) is 11.3 Å². The highest BCUT2D eigenvalue weighted by molar-refractivity contribution is 6.39. The van der Waals surface area contributed by atoms with E-state index in [0.717, 1.165) is 22.7 Å². The highest BCUT2D eigenvalue weighted by Crippen LogP contribution is 2.60. The van der Waals surface area contributed by atoms with Crippen LogP contribution in [0.15, 0.2) is 54.1 Å². The molecule has 4 aliphatic carbocycles. The number of nitrogens with one attached hydrogen (secondary N) is 1. The molecule has 1 aliphatic heterocycles. The molecule has 2 aromatic rings. The van der Waals surface area contributed by atoms with Crippen LogP contribution in [0.4, 0.5) is 10.5 Å². The molecular weight excluding hydrogens is 416 g/mol. The van der Waals surface area contributed by atoms with Crippen LogP contribution in [0, 0.1) is 17.8 Å². The maximum atomic E-state index is 13.2. The predicted octanol–water partition coefficient (Wildman–Crippen LogP) is 4.53. The summed E-state index contributed by atoms with van der Waals surface area (Å²) in [6, 6.07) is 13.2. The first-order chi connectivity index (χ1) is 15.9. The van der Waals surface area contributed by atoms with Crippen LogP contribution < -0.4 is 10.2 Å². The Balaban J connectivity index is 1.29. The van der Waals surface area contributed by atoms with E-state index in [1.807, 2.05) is 12.1 Å². The van der Waals surface area contributed by atoms with Gasteiger partial charge in [-0.05, 0) is 103 Å². The summed E-state index contributed by atoms with van der Waals surface area (Å²) in [7, 11) is 0. The van der Waals surface area contributed by atoms with Crippen molar-refractivity contribution in [3.63, 3.8) is 0 Å². The molecule has 0 aromatic heterocycles. The van der Waals surface area contributed by atoms with Gasteiger partial charge in [0.25, 0.3) is 11.8 Å². The number of carbonyl (C=O) groups excluding carboxylic acids is 3. The highest BCUT2D eigenvalue weighted by atomic mass is 16.3. The molecule has 0 unspecified atom stereocenters. The normalized spacial score (nSPS) is 31.9. The van der Waals surface area contributed by atoms with E-state index < -0.39 is 17.8 Å². The van der Waals surface area contributed by atoms with E-state index in [9.17, 15) is 19.5 Å². The van der Waals surface area contributed by atoms with Gasteiger partial charge in [-0.2, -0.15) is 0 Å². The SMILES string of the molecule is O=C1NC(=O)N(c2ccc(C34CC5CC(CC(C5)C3)C4)cc2)C(=O)/C1=C/c1ccc(O)cc1. The third kappa shape index (κ3) is 3.36. The number of phenols is 1. The fourth-order valence-corrected chi connectivity index (χ4v) is 7.06. The Morgan fingerprint density at radius 2 is 1.42 bits per heavy atom. The van der Waals surface area contributed by atoms with Gasteiger partial charge < -0.3 is 5.11 Å². The lowest BCUT2D eigenvalue weighted by atomic mass is 9.48. The number of benzene rings is 2. The summed E-state index contributed by atoms with van der Waals surface area (Å²) in [6.45, 7) is 0. The van der Waals surface area contributed by atoms with Crippen LogP contribution >= 0.6 is 0 Å². The lowest BCUT2D eigenvalue weighted by Crippen LogP contribution is -2.54. The zero-order valence-corrected chi connectivity index (χ0v) is 18.3. The molecule has 4 saturated carbocycles. The minimum atomic E-state index is -0.740. The Morgan fingerprint density at radius 1 is 0.848 bits per heavy atom. The second-order valence-electron chi connectivity index (χ2n) is 10.3. The summed E-state index contributed by atoms with van der Waals surface area (Å²) in [5.41, 5.74) is 2.46. The molecule has 33 heavy (non-hydrogen) atoms. The topological polar surface area (TPSA) is 86.7 Å². The van der Waals surface area contributed by atoms with Gasteiger partial charge in [0.1, 0.15) is 11.3 Å². The molecular formula is C27H26N2O4. The summed E-state index contributed by atoms with van der Waals surface area (Å²) in [6.07, 6.45) is 9.30. The zero-order chi connectivity index (χ0) is 22.7. The third-order valence-corrected chi connectivity index (χ3v) is 8.08. The fraction of sp³-hybridized carbons (Fsp3) is 0.370. The van der Waals surface area contributed by atoms with Gasteiger partial charge in [0.15, 0.2) is 0 Å². The standard InChI is InChI=1S/C27H26N2O4/c30-22-7-1-16(2-8-22)12-23-24(31)28-26(33)29(25(23)32)21-5-3-20(4-6-21)27-13-17-9-18(14-27)11-19(10-17)15-27/h1-8,12,17-19,30H,9-11,13-15H2,(H,28,31,33)/b23-12+. The van der Waals surface area contributed by atoms with Crippen LogP contribution in [0.2, 0.25) is 0 Å². The lowest BCUT2D eigenvalue weighted by molar-refractivity contribution is -0.122. The number of anilines is 1. The summed E-state index contributed by atoms with van der Waals surface area (Å²) < 4.78 is 0. The number of nitrogens with zero attached hydrogens (tertiary/aromatic N) is 1. The average Bonchev–Trinajstić information content (AvgIpc) is 2.77. The van der Waals surface area contributed by atoms with Crippen molar-refractivity contribution in [3.05, 3.63) is 65.2 Å². The molecule has 0 spiro atoms. The van der Waals surface area contributed by atoms with Crippen LogP contribution in [-0.4, -0.2) is 23.0 Å². The average molecular weight is 443 g/mol. The van der Waals surface area contributed by atoms with Crippen molar-refractivity contribution >= 4 is 29.6 Å². The van der Waals surface area contributed by atoms with Crippen LogP contribution in [-0.2, 0) is 15.0 Å². The molecule has 7 rings (SSSR count). The third-order valence-electron chi connectivity index (χ3n) is 8.08. The van der Waals surface area contributed by atoms with Gasteiger partial charge in [-0.15, -0.1) is 0 Å². The van der Waals surface area contributed by atoms with Crippen molar-refractivity contribution in [3.8, 4) is 5.75 Å². The lowest BCUT2D eigenvalue weighted by Gasteiger charge is -2.57. The number of carbonyl (C=O) groups is 3. The monoisotopic (exact) mass is 442 g/mol. The van der Waals surface area contributed by atoms with E-state index >= 15 is 0 Å². The number of hydrogen-bond acceptors (Lipinski definition) is 4. The number of aromatic hydroxyl groups is 1. The van der Waals surface area contributed by atoms with Gasteiger partial charge in [0, 0.05) is 0 Å². The quantitative estimate of drug-likeness (QED) is 0.540. The van der Waals surface area contributed by atoms with Gasteiger partial charge in [-0.1, -0.05) is 24.3 Å². The molecule has 2 aromatic carbocycles. The second kappa shape index (κ2) is 7.30. The van der Waals surface area contributed by atoms with E-state index in [1.165, 1.54) is 62.3 Å². The number of urea groups is 1. The number of imide groups is 2. The van der Waals surface area contributed by atoms with Gasteiger partial charge in [0.2, 0.25) is 0 Å². The first-order valence-electron chi connectivity index (χ1n) is 11.7. The number of rotatable bonds is 3. The molecule has 1 saturated heterocycles. The molecule has 0 radical (unpaired) electrons. The van der Waals surface area contributed by atoms with Gasteiger partial charge in [-0.25, -0.2) is 9.69 Å². The largest absolute Gasteiger partial charge is 0.508 e. The molecule has 2 N–H and O–H groups in total. The molecule has 168 valence electrons. The minimum Gasteiger partial charge on any atom is -0.508 e. The van der Waals surface area contributed by atoms with Crippen LogP contribution in [0.25, 0.3) is 6.08 Å². The first kappa shape index (κ1) is 20.2. The molecule has 6 heteroatoms. The van der Waals surface area contributed by atoms with Crippen LogP contribution in [0.3, 0.4) is 0 Å². The molecule has 5 aliphatic rings. The van der Waals surface area contributed by atoms with E-state index in [1.54, 1.807) is 12.1 Å². The number of amides is 4. The van der Waals surface area contributed by atoms with Crippen molar-refractivity contribution in [2.75, 3.05) is 4.90 Å². The molecule has 6 nitrogen and oxygen atoms in total. The van der Waals surface area contributed by atoms with E-state index in [2.05, 4.69) is 17.4 Å².